The topological polar surface area (TPSA) is 103 Å². The predicted octanol–water partition coefficient (Wildman–Crippen LogP) is 2.36. The van der Waals surface area contributed by atoms with Gasteiger partial charge in [-0.05, 0) is 31.0 Å². The van der Waals surface area contributed by atoms with Gasteiger partial charge in [0, 0.05) is 37.7 Å². The highest BCUT2D eigenvalue weighted by molar-refractivity contribution is 5.94. The summed E-state index contributed by atoms with van der Waals surface area (Å²) in [4.78, 5) is 27.0. The predicted molar refractivity (Wildman–Crippen MR) is 102 cm³/mol. The second-order valence-corrected chi connectivity index (χ2v) is 6.67. The second kappa shape index (κ2) is 8.78. The molecule has 1 saturated heterocycles. The van der Waals surface area contributed by atoms with Crippen LogP contribution in [0, 0.1) is 0 Å². The minimum atomic E-state index is -0.0840. The van der Waals surface area contributed by atoms with E-state index in [0.717, 1.165) is 18.4 Å². The van der Waals surface area contributed by atoms with E-state index >= 15 is 0 Å². The maximum absolute atomic E-state index is 12.7. The number of nitrogens with zero attached hydrogens (tertiary/aromatic N) is 5. The largest absolute Gasteiger partial charge is 0.481 e. The van der Waals surface area contributed by atoms with Crippen LogP contribution in [0.25, 0.3) is 11.5 Å². The van der Waals surface area contributed by atoms with Crippen LogP contribution in [0.5, 0.6) is 5.88 Å². The van der Waals surface area contributed by atoms with Gasteiger partial charge in [0.1, 0.15) is 6.61 Å². The maximum Gasteiger partial charge on any atom is 0.259 e. The SMILES string of the molecule is COc1ccc(C(=O)N2CCCC(OCc3noc(-c4cccnc4)n3)C2)cn1. The van der Waals surface area contributed by atoms with Gasteiger partial charge in [-0.2, -0.15) is 4.98 Å². The number of hydrogen-bond acceptors (Lipinski definition) is 8. The summed E-state index contributed by atoms with van der Waals surface area (Å²) in [5.41, 5.74) is 1.29. The first kappa shape index (κ1) is 19.0. The Morgan fingerprint density at radius 1 is 1.31 bits per heavy atom. The summed E-state index contributed by atoms with van der Waals surface area (Å²) in [5, 5.41) is 3.96. The number of amides is 1. The lowest BCUT2D eigenvalue weighted by Crippen LogP contribution is -2.43. The lowest BCUT2D eigenvalue weighted by atomic mass is 10.1. The van der Waals surface area contributed by atoms with Crippen molar-refractivity contribution < 1.29 is 18.8 Å². The summed E-state index contributed by atoms with van der Waals surface area (Å²) in [6.07, 6.45) is 6.54. The van der Waals surface area contributed by atoms with Crippen LogP contribution < -0.4 is 4.74 Å². The van der Waals surface area contributed by atoms with Gasteiger partial charge in [0.25, 0.3) is 11.8 Å². The van der Waals surface area contributed by atoms with Crippen molar-refractivity contribution in [2.24, 2.45) is 0 Å². The van der Waals surface area contributed by atoms with Crippen molar-refractivity contribution in [3.63, 3.8) is 0 Å². The molecule has 1 aliphatic heterocycles. The van der Waals surface area contributed by atoms with Crippen molar-refractivity contribution in [1.29, 1.82) is 0 Å². The van der Waals surface area contributed by atoms with E-state index in [-0.39, 0.29) is 18.6 Å². The maximum atomic E-state index is 12.7. The minimum Gasteiger partial charge on any atom is -0.481 e. The molecule has 0 aliphatic carbocycles. The van der Waals surface area contributed by atoms with Crippen molar-refractivity contribution in [2.45, 2.75) is 25.6 Å². The molecule has 4 heterocycles. The number of hydrogen-bond donors (Lipinski definition) is 0. The second-order valence-electron chi connectivity index (χ2n) is 6.67. The standard InChI is InChI=1S/C20H21N5O4/c1-27-18-7-6-15(11-22-18)20(26)25-9-3-5-16(12-25)28-13-17-23-19(29-24-17)14-4-2-8-21-10-14/h2,4,6-8,10-11,16H,3,5,9,12-13H2,1H3. The highest BCUT2D eigenvalue weighted by Gasteiger charge is 2.25. The molecule has 9 heteroatoms. The van der Waals surface area contributed by atoms with Gasteiger partial charge in [-0.1, -0.05) is 5.16 Å². The fourth-order valence-corrected chi connectivity index (χ4v) is 3.18. The molecular weight excluding hydrogens is 374 g/mol. The molecule has 1 aliphatic rings. The Balaban J connectivity index is 1.33. The fourth-order valence-electron chi connectivity index (χ4n) is 3.18. The normalized spacial score (nSPS) is 16.6. The Labute approximate surface area is 167 Å². The van der Waals surface area contributed by atoms with Gasteiger partial charge in [0.15, 0.2) is 5.82 Å². The molecule has 150 valence electrons. The Kier molecular flexibility index (Phi) is 5.76. The summed E-state index contributed by atoms with van der Waals surface area (Å²) >= 11 is 0. The summed E-state index contributed by atoms with van der Waals surface area (Å²) < 4.78 is 16.2. The minimum absolute atomic E-state index is 0.0631. The van der Waals surface area contributed by atoms with Crippen LogP contribution in [0.4, 0.5) is 0 Å². The van der Waals surface area contributed by atoms with Gasteiger partial charge in [0.05, 0.1) is 24.3 Å². The zero-order valence-electron chi connectivity index (χ0n) is 16.0. The number of rotatable bonds is 6. The van der Waals surface area contributed by atoms with Crippen molar-refractivity contribution in [1.82, 2.24) is 25.0 Å². The van der Waals surface area contributed by atoms with E-state index in [1.807, 2.05) is 12.1 Å². The Hall–Kier alpha value is -3.33. The zero-order valence-corrected chi connectivity index (χ0v) is 16.0. The molecule has 0 radical (unpaired) electrons. The van der Waals surface area contributed by atoms with E-state index in [0.29, 0.717) is 36.2 Å². The molecule has 0 N–H and O–H groups in total. The molecule has 4 rings (SSSR count). The van der Waals surface area contributed by atoms with Gasteiger partial charge in [-0.15, -0.1) is 0 Å². The van der Waals surface area contributed by atoms with Crippen LogP contribution in [0.2, 0.25) is 0 Å². The third-order valence-electron chi connectivity index (χ3n) is 4.68. The molecule has 1 atom stereocenters. The quantitative estimate of drug-likeness (QED) is 0.627. The monoisotopic (exact) mass is 395 g/mol. The van der Waals surface area contributed by atoms with E-state index in [9.17, 15) is 4.79 Å². The lowest BCUT2D eigenvalue weighted by Gasteiger charge is -2.32. The number of carbonyl (C=O) groups is 1. The third-order valence-corrected chi connectivity index (χ3v) is 4.68. The molecule has 0 spiro atoms. The summed E-state index contributed by atoms with van der Waals surface area (Å²) in [5.74, 6) is 1.29. The Bertz CT molecular complexity index is 945. The number of ether oxygens (including phenoxy) is 2. The Morgan fingerprint density at radius 3 is 3.00 bits per heavy atom. The van der Waals surface area contributed by atoms with E-state index in [1.165, 1.54) is 6.20 Å². The molecule has 1 amide bonds. The van der Waals surface area contributed by atoms with Crippen LogP contribution >= 0.6 is 0 Å². The van der Waals surface area contributed by atoms with E-state index < -0.39 is 0 Å². The summed E-state index contributed by atoms with van der Waals surface area (Å²) in [7, 11) is 1.54. The van der Waals surface area contributed by atoms with Crippen LogP contribution in [0.15, 0.2) is 47.4 Å². The highest BCUT2D eigenvalue weighted by atomic mass is 16.5. The number of methoxy groups -OCH3 is 1. The van der Waals surface area contributed by atoms with Crippen molar-refractivity contribution >= 4 is 5.91 Å². The lowest BCUT2D eigenvalue weighted by molar-refractivity contribution is -0.00962. The van der Waals surface area contributed by atoms with E-state index in [2.05, 4.69) is 20.1 Å². The molecule has 9 nitrogen and oxygen atoms in total. The van der Waals surface area contributed by atoms with Crippen molar-refractivity contribution in [3.05, 3.63) is 54.2 Å². The Morgan fingerprint density at radius 2 is 2.24 bits per heavy atom. The number of carbonyl (C=O) groups excluding carboxylic acids is 1. The molecule has 29 heavy (non-hydrogen) atoms. The third kappa shape index (κ3) is 4.57. The van der Waals surface area contributed by atoms with Crippen LogP contribution in [-0.2, 0) is 11.3 Å². The number of likely N-dealkylation sites (tertiary alicyclic amines) is 1. The first-order valence-electron chi connectivity index (χ1n) is 9.37. The molecule has 1 fully saturated rings. The van der Waals surface area contributed by atoms with Crippen LogP contribution in [-0.4, -0.2) is 57.2 Å². The first-order chi connectivity index (χ1) is 14.2. The average molecular weight is 395 g/mol. The molecular formula is C20H21N5O4. The number of aromatic nitrogens is 4. The number of pyridine rings is 2. The van der Waals surface area contributed by atoms with Crippen molar-refractivity contribution in [2.75, 3.05) is 20.2 Å². The smallest absolute Gasteiger partial charge is 0.259 e. The molecule has 3 aromatic rings. The van der Waals surface area contributed by atoms with Gasteiger partial charge in [-0.25, -0.2) is 4.98 Å². The van der Waals surface area contributed by atoms with Gasteiger partial charge in [-0.3, -0.25) is 9.78 Å². The van der Waals surface area contributed by atoms with Crippen LogP contribution in [0.3, 0.4) is 0 Å². The van der Waals surface area contributed by atoms with Gasteiger partial charge >= 0.3 is 0 Å². The van der Waals surface area contributed by atoms with E-state index in [1.54, 1.807) is 36.5 Å². The molecule has 0 aromatic carbocycles. The number of piperidine rings is 1. The van der Waals surface area contributed by atoms with E-state index in [4.69, 9.17) is 14.0 Å². The summed E-state index contributed by atoms with van der Waals surface area (Å²) in [6.45, 7) is 1.43. The molecule has 3 aromatic heterocycles. The van der Waals surface area contributed by atoms with Gasteiger partial charge < -0.3 is 18.9 Å². The molecule has 0 bridgehead atoms. The average Bonchev–Trinajstić information content (AvgIpc) is 3.27. The highest BCUT2D eigenvalue weighted by Crippen LogP contribution is 2.19. The zero-order chi connectivity index (χ0) is 20.1. The van der Waals surface area contributed by atoms with Crippen molar-refractivity contribution in [3.8, 4) is 17.3 Å². The fraction of sp³-hybridized carbons (Fsp3) is 0.350. The van der Waals surface area contributed by atoms with Gasteiger partial charge in [0.2, 0.25) is 5.88 Å². The molecule has 1 unspecified atom stereocenters. The van der Waals surface area contributed by atoms with Crippen LogP contribution in [0.1, 0.15) is 29.0 Å². The molecule has 0 saturated carbocycles. The first-order valence-corrected chi connectivity index (χ1v) is 9.37. The summed E-state index contributed by atoms with van der Waals surface area (Å²) in [6, 6.07) is 7.06.